The zero-order chi connectivity index (χ0) is 11.8. The molecular weight excluding hydrogens is 202 g/mol. The highest BCUT2D eigenvalue weighted by Crippen LogP contribution is 2.38. The second kappa shape index (κ2) is 4.09. The first kappa shape index (κ1) is 11.5. The molecule has 0 bridgehead atoms. The van der Waals surface area contributed by atoms with Gasteiger partial charge in [-0.3, -0.25) is 4.68 Å². The molecule has 4 nitrogen and oxygen atoms in total. The van der Waals surface area contributed by atoms with Crippen LogP contribution in [0.3, 0.4) is 0 Å². The minimum Gasteiger partial charge on any atom is -0.384 e. The van der Waals surface area contributed by atoms with Gasteiger partial charge in [0.1, 0.15) is 5.82 Å². The van der Waals surface area contributed by atoms with Gasteiger partial charge in [0.05, 0.1) is 11.3 Å². The van der Waals surface area contributed by atoms with Crippen molar-refractivity contribution in [3.8, 4) is 0 Å². The molecule has 1 heterocycles. The number of aromatic nitrogens is 2. The summed E-state index contributed by atoms with van der Waals surface area (Å²) in [4.78, 5) is 0. The Morgan fingerprint density at radius 1 is 1.50 bits per heavy atom. The first-order valence-corrected chi connectivity index (χ1v) is 5.97. The van der Waals surface area contributed by atoms with Crippen molar-refractivity contribution >= 4 is 5.82 Å². The molecule has 0 aliphatic heterocycles. The van der Waals surface area contributed by atoms with Crippen molar-refractivity contribution in [3.05, 3.63) is 11.3 Å². The van der Waals surface area contributed by atoms with E-state index in [0.717, 1.165) is 37.2 Å². The lowest BCUT2D eigenvalue weighted by molar-refractivity contribution is -0.0716. The van der Waals surface area contributed by atoms with Crippen LogP contribution in [0.4, 0.5) is 5.82 Å². The molecule has 1 aliphatic rings. The summed E-state index contributed by atoms with van der Waals surface area (Å²) in [5, 5.41) is 4.51. The SMILES string of the molecule is CCc1c(CC2(OC)CCC2)nn(C)c1N. The summed E-state index contributed by atoms with van der Waals surface area (Å²) in [7, 11) is 3.70. The molecule has 16 heavy (non-hydrogen) atoms. The summed E-state index contributed by atoms with van der Waals surface area (Å²) in [5.41, 5.74) is 8.33. The van der Waals surface area contributed by atoms with Gasteiger partial charge in [-0.1, -0.05) is 6.92 Å². The van der Waals surface area contributed by atoms with Gasteiger partial charge in [-0.25, -0.2) is 0 Å². The Kier molecular flexibility index (Phi) is 2.93. The first-order chi connectivity index (χ1) is 7.62. The molecule has 1 saturated carbocycles. The Hall–Kier alpha value is -1.03. The van der Waals surface area contributed by atoms with Crippen molar-refractivity contribution in [2.45, 2.75) is 44.6 Å². The van der Waals surface area contributed by atoms with Gasteiger partial charge in [-0.15, -0.1) is 0 Å². The van der Waals surface area contributed by atoms with E-state index in [1.807, 2.05) is 7.05 Å². The van der Waals surface area contributed by atoms with Crippen LogP contribution in [0, 0.1) is 0 Å². The molecule has 0 radical (unpaired) electrons. The molecule has 0 saturated heterocycles. The Balaban J connectivity index is 2.23. The van der Waals surface area contributed by atoms with Gasteiger partial charge < -0.3 is 10.5 Å². The quantitative estimate of drug-likeness (QED) is 0.845. The minimum atomic E-state index is 0.0325. The summed E-state index contributed by atoms with van der Waals surface area (Å²) in [5.74, 6) is 0.795. The summed E-state index contributed by atoms with van der Waals surface area (Å²) in [6.07, 6.45) is 5.39. The largest absolute Gasteiger partial charge is 0.384 e. The first-order valence-electron chi connectivity index (χ1n) is 5.97. The molecule has 0 atom stereocenters. The standard InChI is InChI=1S/C12H21N3O/c1-4-9-10(14-15(2)11(9)13)8-12(16-3)6-5-7-12/h4-8,13H2,1-3H3. The van der Waals surface area contributed by atoms with Crippen molar-refractivity contribution in [1.82, 2.24) is 9.78 Å². The van der Waals surface area contributed by atoms with Crippen molar-refractivity contribution in [2.75, 3.05) is 12.8 Å². The fourth-order valence-electron chi connectivity index (χ4n) is 2.50. The lowest BCUT2D eigenvalue weighted by Gasteiger charge is -2.40. The van der Waals surface area contributed by atoms with Crippen LogP contribution in [0.5, 0.6) is 0 Å². The van der Waals surface area contributed by atoms with Crippen LogP contribution in [0.15, 0.2) is 0 Å². The van der Waals surface area contributed by atoms with Crippen LogP contribution in [-0.2, 0) is 24.6 Å². The molecule has 1 aromatic rings. The van der Waals surface area contributed by atoms with Gasteiger partial charge in [-0.2, -0.15) is 5.10 Å². The fourth-order valence-corrected chi connectivity index (χ4v) is 2.50. The van der Waals surface area contributed by atoms with Crippen molar-refractivity contribution in [2.24, 2.45) is 7.05 Å². The third-order valence-electron chi connectivity index (χ3n) is 3.82. The number of nitrogens with two attached hydrogens (primary N) is 1. The van der Waals surface area contributed by atoms with Crippen LogP contribution < -0.4 is 5.73 Å². The van der Waals surface area contributed by atoms with E-state index >= 15 is 0 Å². The monoisotopic (exact) mass is 223 g/mol. The highest BCUT2D eigenvalue weighted by molar-refractivity contribution is 5.44. The van der Waals surface area contributed by atoms with Crippen LogP contribution >= 0.6 is 0 Å². The maximum Gasteiger partial charge on any atom is 0.124 e. The molecule has 2 N–H and O–H groups in total. The average Bonchev–Trinajstić information content (AvgIpc) is 2.48. The molecular formula is C12H21N3O. The van der Waals surface area contributed by atoms with E-state index in [2.05, 4.69) is 12.0 Å². The Labute approximate surface area is 96.8 Å². The van der Waals surface area contributed by atoms with Crippen molar-refractivity contribution in [3.63, 3.8) is 0 Å². The molecule has 1 aromatic heterocycles. The van der Waals surface area contributed by atoms with E-state index in [0.29, 0.717) is 0 Å². The summed E-state index contributed by atoms with van der Waals surface area (Å²) in [6, 6.07) is 0. The third kappa shape index (κ3) is 1.71. The van der Waals surface area contributed by atoms with Crippen LogP contribution in [0.1, 0.15) is 37.4 Å². The average molecular weight is 223 g/mol. The third-order valence-corrected chi connectivity index (χ3v) is 3.82. The van der Waals surface area contributed by atoms with E-state index in [1.54, 1.807) is 11.8 Å². The predicted octanol–water partition coefficient (Wildman–Crippen LogP) is 1.68. The van der Waals surface area contributed by atoms with Gasteiger partial charge in [0.15, 0.2) is 0 Å². The Morgan fingerprint density at radius 3 is 2.62 bits per heavy atom. The predicted molar refractivity (Wildman–Crippen MR) is 64.3 cm³/mol. The molecule has 1 aliphatic carbocycles. The van der Waals surface area contributed by atoms with E-state index in [4.69, 9.17) is 10.5 Å². The molecule has 0 spiro atoms. The lowest BCUT2D eigenvalue weighted by Crippen LogP contribution is -2.41. The van der Waals surface area contributed by atoms with E-state index in [1.165, 1.54) is 12.0 Å². The summed E-state index contributed by atoms with van der Waals surface area (Å²) in [6.45, 7) is 2.12. The summed E-state index contributed by atoms with van der Waals surface area (Å²) < 4.78 is 7.41. The highest BCUT2D eigenvalue weighted by atomic mass is 16.5. The van der Waals surface area contributed by atoms with Crippen molar-refractivity contribution < 1.29 is 4.74 Å². The van der Waals surface area contributed by atoms with E-state index in [-0.39, 0.29) is 5.60 Å². The second-order valence-corrected chi connectivity index (χ2v) is 4.71. The van der Waals surface area contributed by atoms with Gasteiger partial charge in [0, 0.05) is 26.1 Å². The number of anilines is 1. The Bertz CT molecular complexity index is 374. The van der Waals surface area contributed by atoms with Gasteiger partial charge in [-0.05, 0) is 25.7 Å². The van der Waals surface area contributed by atoms with Gasteiger partial charge in [0.2, 0.25) is 0 Å². The number of nitrogens with zero attached hydrogens (tertiary/aromatic N) is 2. The smallest absolute Gasteiger partial charge is 0.124 e. The zero-order valence-corrected chi connectivity index (χ0v) is 10.4. The van der Waals surface area contributed by atoms with Gasteiger partial charge in [0.25, 0.3) is 0 Å². The lowest BCUT2D eigenvalue weighted by atomic mass is 9.76. The number of nitrogen functional groups attached to an aromatic ring is 1. The molecule has 0 amide bonds. The van der Waals surface area contributed by atoms with Crippen molar-refractivity contribution in [1.29, 1.82) is 0 Å². The number of rotatable bonds is 4. The number of hydrogen-bond acceptors (Lipinski definition) is 3. The normalized spacial score (nSPS) is 18.4. The second-order valence-electron chi connectivity index (χ2n) is 4.71. The minimum absolute atomic E-state index is 0.0325. The highest BCUT2D eigenvalue weighted by Gasteiger charge is 2.38. The Morgan fingerprint density at radius 2 is 2.19 bits per heavy atom. The maximum atomic E-state index is 5.99. The van der Waals surface area contributed by atoms with Crippen LogP contribution in [0.25, 0.3) is 0 Å². The van der Waals surface area contributed by atoms with Gasteiger partial charge >= 0.3 is 0 Å². The molecule has 1 fully saturated rings. The molecule has 2 rings (SSSR count). The number of methoxy groups -OCH3 is 1. The van der Waals surface area contributed by atoms with Crippen LogP contribution in [-0.4, -0.2) is 22.5 Å². The number of aryl methyl sites for hydroxylation is 1. The molecule has 0 aromatic carbocycles. The van der Waals surface area contributed by atoms with E-state index in [9.17, 15) is 0 Å². The number of hydrogen-bond donors (Lipinski definition) is 1. The molecule has 90 valence electrons. The van der Waals surface area contributed by atoms with E-state index < -0.39 is 0 Å². The summed E-state index contributed by atoms with van der Waals surface area (Å²) >= 11 is 0. The maximum absolute atomic E-state index is 5.99. The zero-order valence-electron chi connectivity index (χ0n) is 10.4. The fraction of sp³-hybridized carbons (Fsp3) is 0.750. The topological polar surface area (TPSA) is 53.1 Å². The molecule has 4 heteroatoms. The number of ether oxygens (including phenoxy) is 1. The molecule has 0 unspecified atom stereocenters. The van der Waals surface area contributed by atoms with Crippen LogP contribution in [0.2, 0.25) is 0 Å².